The van der Waals surface area contributed by atoms with E-state index in [1.165, 1.54) is 0 Å². The van der Waals surface area contributed by atoms with Gasteiger partial charge in [0.05, 0.1) is 30.9 Å². The highest BCUT2D eigenvalue weighted by Crippen LogP contribution is 2.19. The molecule has 132 valence electrons. The van der Waals surface area contributed by atoms with Crippen molar-refractivity contribution < 1.29 is 4.74 Å². The maximum Gasteiger partial charge on any atom is 0.226 e. The second kappa shape index (κ2) is 7.30. The van der Waals surface area contributed by atoms with E-state index in [0.717, 1.165) is 43.5 Å². The number of piperazine rings is 1. The predicted octanol–water partition coefficient (Wildman–Crippen LogP) is 1.66. The number of methoxy groups -OCH3 is 1. The Bertz CT molecular complexity index is 849. The first-order valence-electron chi connectivity index (χ1n) is 8.44. The number of aromatic nitrogens is 5. The molecule has 0 atom stereocenters. The molecule has 3 aromatic rings. The summed E-state index contributed by atoms with van der Waals surface area (Å²) >= 11 is 0. The van der Waals surface area contributed by atoms with E-state index in [2.05, 4.69) is 34.7 Å². The maximum absolute atomic E-state index is 5.11. The average molecular weight is 349 g/mol. The minimum absolute atomic E-state index is 0.659. The van der Waals surface area contributed by atoms with Gasteiger partial charge in [-0.05, 0) is 18.2 Å². The van der Waals surface area contributed by atoms with Crippen molar-refractivity contribution in [1.82, 2.24) is 24.9 Å². The normalized spacial score (nSPS) is 14.3. The Morgan fingerprint density at radius 1 is 0.769 bits per heavy atom. The van der Waals surface area contributed by atoms with Gasteiger partial charge in [0, 0.05) is 38.6 Å². The lowest BCUT2D eigenvalue weighted by atomic mass is 10.2. The van der Waals surface area contributed by atoms with Crippen LogP contribution < -0.4 is 14.5 Å². The van der Waals surface area contributed by atoms with E-state index in [0.29, 0.717) is 11.7 Å². The van der Waals surface area contributed by atoms with Crippen LogP contribution in [0.3, 0.4) is 0 Å². The van der Waals surface area contributed by atoms with Crippen molar-refractivity contribution in [3.05, 3.63) is 49.1 Å². The van der Waals surface area contributed by atoms with Gasteiger partial charge in [-0.25, -0.2) is 19.9 Å². The van der Waals surface area contributed by atoms with Crippen LogP contribution in [0.1, 0.15) is 0 Å². The fourth-order valence-electron chi connectivity index (χ4n) is 2.84. The third kappa shape index (κ3) is 3.39. The first-order valence-corrected chi connectivity index (χ1v) is 8.44. The van der Waals surface area contributed by atoms with Gasteiger partial charge in [0.15, 0.2) is 5.75 Å². The van der Waals surface area contributed by atoms with Gasteiger partial charge in [-0.3, -0.25) is 4.98 Å². The smallest absolute Gasteiger partial charge is 0.226 e. The number of hydrogen-bond donors (Lipinski definition) is 0. The van der Waals surface area contributed by atoms with Gasteiger partial charge in [0.2, 0.25) is 11.9 Å². The van der Waals surface area contributed by atoms with Gasteiger partial charge in [0.1, 0.15) is 0 Å². The summed E-state index contributed by atoms with van der Waals surface area (Å²) in [5, 5.41) is 0. The fourth-order valence-corrected chi connectivity index (χ4v) is 2.84. The highest BCUT2D eigenvalue weighted by Gasteiger charge is 2.21. The van der Waals surface area contributed by atoms with E-state index in [9.17, 15) is 0 Å². The van der Waals surface area contributed by atoms with E-state index < -0.39 is 0 Å². The Kier molecular flexibility index (Phi) is 4.55. The highest BCUT2D eigenvalue weighted by molar-refractivity contribution is 5.55. The molecule has 0 aromatic carbocycles. The molecule has 8 heteroatoms. The Morgan fingerprint density at radius 3 is 2.15 bits per heavy atom. The minimum atomic E-state index is 0.659. The summed E-state index contributed by atoms with van der Waals surface area (Å²) in [6, 6.07) is 7.68. The second-order valence-electron chi connectivity index (χ2n) is 5.85. The molecule has 0 spiro atoms. The van der Waals surface area contributed by atoms with Crippen molar-refractivity contribution in [2.75, 3.05) is 43.1 Å². The van der Waals surface area contributed by atoms with Gasteiger partial charge < -0.3 is 14.5 Å². The largest absolute Gasteiger partial charge is 0.494 e. The van der Waals surface area contributed by atoms with Gasteiger partial charge >= 0.3 is 0 Å². The minimum Gasteiger partial charge on any atom is -0.494 e. The number of nitrogens with zero attached hydrogens (tertiary/aromatic N) is 7. The fraction of sp³-hybridized carbons (Fsp3) is 0.278. The zero-order valence-corrected chi connectivity index (χ0v) is 14.5. The van der Waals surface area contributed by atoms with Gasteiger partial charge in [-0.2, -0.15) is 0 Å². The van der Waals surface area contributed by atoms with E-state index in [1.54, 1.807) is 31.9 Å². The third-order valence-corrected chi connectivity index (χ3v) is 4.27. The number of anilines is 2. The third-order valence-electron chi connectivity index (χ3n) is 4.27. The van der Waals surface area contributed by atoms with E-state index in [1.807, 2.05) is 24.3 Å². The molecule has 0 N–H and O–H groups in total. The summed E-state index contributed by atoms with van der Waals surface area (Å²) in [5.41, 5.74) is 1.68. The van der Waals surface area contributed by atoms with E-state index >= 15 is 0 Å². The molecule has 0 aliphatic carbocycles. The van der Waals surface area contributed by atoms with Crippen molar-refractivity contribution in [1.29, 1.82) is 0 Å². The molecular formula is C18H19N7O. The maximum atomic E-state index is 5.11. The lowest BCUT2D eigenvalue weighted by molar-refractivity contribution is 0.410. The van der Waals surface area contributed by atoms with Crippen LogP contribution in [0.15, 0.2) is 49.1 Å². The zero-order valence-electron chi connectivity index (χ0n) is 14.5. The molecule has 4 rings (SSSR count). The molecule has 8 nitrogen and oxygen atoms in total. The van der Waals surface area contributed by atoms with Crippen LogP contribution in [-0.4, -0.2) is 58.2 Å². The van der Waals surface area contributed by atoms with Gasteiger partial charge in [-0.1, -0.05) is 6.07 Å². The summed E-state index contributed by atoms with van der Waals surface area (Å²) in [6.07, 6.45) is 6.93. The number of ether oxygens (including phenoxy) is 1. The Balaban J connectivity index is 1.44. The van der Waals surface area contributed by atoms with Gasteiger partial charge in [0.25, 0.3) is 0 Å². The first-order chi connectivity index (χ1) is 12.8. The van der Waals surface area contributed by atoms with Crippen molar-refractivity contribution >= 4 is 11.9 Å². The molecule has 1 fully saturated rings. The van der Waals surface area contributed by atoms with Crippen LogP contribution in [0.2, 0.25) is 0 Å². The summed E-state index contributed by atoms with van der Waals surface area (Å²) in [7, 11) is 1.61. The highest BCUT2D eigenvalue weighted by atomic mass is 16.5. The quantitative estimate of drug-likeness (QED) is 0.704. The topological polar surface area (TPSA) is 80.2 Å². The summed E-state index contributed by atoms with van der Waals surface area (Å²) in [6.45, 7) is 3.23. The summed E-state index contributed by atoms with van der Waals surface area (Å²) < 4.78 is 5.11. The van der Waals surface area contributed by atoms with Crippen LogP contribution >= 0.6 is 0 Å². The van der Waals surface area contributed by atoms with Crippen molar-refractivity contribution in [3.8, 4) is 17.1 Å². The molecule has 0 amide bonds. The first kappa shape index (κ1) is 16.2. The van der Waals surface area contributed by atoms with E-state index in [4.69, 9.17) is 4.74 Å². The Hall–Kier alpha value is -3.29. The monoisotopic (exact) mass is 349 g/mol. The molecule has 26 heavy (non-hydrogen) atoms. The van der Waals surface area contributed by atoms with Crippen molar-refractivity contribution in [2.45, 2.75) is 0 Å². The van der Waals surface area contributed by atoms with Crippen LogP contribution in [0.5, 0.6) is 5.75 Å². The van der Waals surface area contributed by atoms with Crippen LogP contribution in [0.25, 0.3) is 11.4 Å². The van der Waals surface area contributed by atoms with Crippen LogP contribution in [-0.2, 0) is 0 Å². The number of pyridine rings is 1. The molecule has 0 saturated carbocycles. The number of hydrogen-bond acceptors (Lipinski definition) is 8. The van der Waals surface area contributed by atoms with Crippen molar-refractivity contribution in [3.63, 3.8) is 0 Å². The molecular weight excluding hydrogens is 330 g/mol. The molecule has 0 bridgehead atoms. The average Bonchev–Trinajstić information content (AvgIpc) is 2.75. The summed E-state index contributed by atoms with van der Waals surface area (Å²) in [5.74, 6) is 2.10. The van der Waals surface area contributed by atoms with E-state index in [-0.39, 0.29) is 0 Å². The molecule has 0 radical (unpaired) electrons. The van der Waals surface area contributed by atoms with Crippen LogP contribution in [0, 0.1) is 0 Å². The van der Waals surface area contributed by atoms with Crippen molar-refractivity contribution in [2.24, 2.45) is 0 Å². The molecule has 4 heterocycles. The van der Waals surface area contributed by atoms with Gasteiger partial charge in [-0.15, -0.1) is 0 Å². The predicted molar refractivity (Wildman–Crippen MR) is 98.3 cm³/mol. The molecule has 1 saturated heterocycles. The lowest BCUT2D eigenvalue weighted by Gasteiger charge is -2.34. The molecule has 0 unspecified atom stereocenters. The molecule has 3 aromatic heterocycles. The molecule has 1 aliphatic rings. The standard InChI is InChI=1S/C18H19N7O/c1-26-14-12-21-17(22-13-14)24-8-10-25(11-9-24)18-20-7-5-16(23-18)15-4-2-3-6-19-15/h2-7,12-13H,8-11H2,1H3. The lowest BCUT2D eigenvalue weighted by Crippen LogP contribution is -2.47. The Labute approximate surface area is 151 Å². The van der Waals surface area contributed by atoms with Crippen LogP contribution in [0.4, 0.5) is 11.9 Å². The number of rotatable bonds is 4. The Morgan fingerprint density at radius 2 is 1.50 bits per heavy atom. The molecule has 1 aliphatic heterocycles. The SMILES string of the molecule is COc1cnc(N2CCN(c3nccc(-c4ccccn4)n3)CC2)nc1. The second-order valence-corrected chi connectivity index (χ2v) is 5.85. The zero-order chi connectivity index (χ0) is 17.8. The summed E-state index contributed by atoms with van der Waals surface area (Å²) in [4.78, 5) is 26.5.